The van der Waals surface area contributed by atoms with Crippen molar-refractivity contribution in [3.8, 4) is 11.5 Å². The number of benzene rings is 2. The van der Waals surface area contributed by atoms with E-state index in [9.17, 15) is 14.7 Å². The first-order chi connectivity index (χ1) is 16.4. The molecule has 1 fully saturated rings. The van der Waals surface area contributed by atoms with Crippen molar-refractivity contribution >= 4 is 28.5 Å². The lowest BCUT2D eigenvalue weighted by molar-refractivity contribution is -0.143. The van der Waals surface area contributed by atoms with Gasteiger partial charge in [0.25, 0.3) is 0 Å². The Morgan fingerprint density at radius 3 is 2.18 bits per heavy atom. The third-order valence-electron chi connectivity index (χ3n) is 6.33. The summed E-state index contributed by atoms with van der Waals surface area (Å²) < 4.78 is 12.4. The van der Waals surface area contributed by atoms with E-state index in [2.05, 4.69) is 4.90 Å². The molecule has 180 valence electrons. The van der Waals surface area contributed by atoms with Gasteiger partial charge in [0.2, 0.25) is 0 Å². The summed E-state index contributed by atoms with van der Waals surface area (Å²) in [7, 11) is 3.20. The summed E-state index contributed by atoms with van der Waals surface area (Å²) in [6, 6.07) is 12.5. The average molecular weight is 468 g/mol. The number of fused-ring (bicyclic) bond motifs is 1. The normalized spacial score (nSPS) is 15.3. The molecule has 1 aromatic heterocycles. The maximum absolute atomic E-state index is 12.5. The molecular formula is C25H29N3O6. The van der Waals surface area contributed by atoms with E-state index in [4.69, 9.17) is 14.6 Å². The van der Waals surface area contributed by atoms with Crippen LogP contribution in [0.4, 0.5) is 5.69 Å². The van der Waals surface area contributed by atoms with Gasteiger partial charge in [-0.25, -0.2) is 0 Å². The van der Waals surface area contributed by atoms with Crippen molar-refractivity contribution in [2.75, 3.05) is 45.3 Å². The van der Waals surface area contributed by atoms with Crippen LogP contribution in [0, 0.1) is 0 Å². The van der Waals surface area contributed by atoms with Gasteiger partial charge in [0.15, 0.2) is 0 Å². The van der Waals surface area contributed by atoms with Gasteiger partial charge in [-0.05, 0) is 42.5 Å². The molecule has 1 aliphatic rings. The molecule has 0 radical (unpaired) electrons. The summed E-state index contributed by atoms with van der Waals surface area (Å²) in [5.74, 6) is -0.416. The minimum Gasteiger partial charge on any atom is -0.497 e. The lowest BCUT2D eigenvalue weighted by Crippen LogP contribution is -2.49. The number of piperazine rings is 1. The molecule has 34 heavy (non-hydrogen) atoms. The van der Waals surface area contributed by atoms with Crippen molar-refractivity contribution in [2.24, 2.45) is 0 Å². The van der Waals surface area contributed by atoms with Crippen LogP contribution in [0.2, 0.25) is 0 Å². The Hall–Kier alpha value is -3.72. The van der Waals surface area contributed by atoms with Crippen molar-refractivity contribution in [3.05, 3.63) is 54.2 Å². The van der Waals surface area contributed by atoms with Crippen molar-refractivity contribution < 1.29 is 29.3 Å². The molecular weight excluding hydrogens is 438 g/mol. The van der Waals surface area contributed by atoms with Gasteiger partial charge < -0.3 is 29.2 Å². The summed E-state index contributed by atoms with van der Waals surface area (Å²) in [6.45, 7) is 2.80. The number of aromatic nitrogens is 1. The van der Waals surface area contributed by atoms with Crippen LogP contribution >= 0.6 is 0 Å². The number of hydrogen-bond donors (Lipinski definition) is 2. The molecule has 4 rings (SSSR count). The molecule has 1 unspecified atom stereocenters. The van der Waals surface area contributed by atoms with Crippen molar-refractivity contribution in [3.63, 3.8) is 0 Å². The zero-order valence-corrected chi connectivity index (χ0v) is 19.3. The third-order valence-corrected chi connectivity index (χ3v) is 6.33. The molecule has 2 aromatic carbocycles. The number of carboxylic acids is 2. The molecule has 0 aliphatic carbocycles. The second-order valence-corrected chi connectivity index (χ2v) is 8.27. The van der Waals surface area contributed by atoms with Crippen LogP contribution in [-0.2, 0) is 16.1 Å². The molecule has 3 aromatic rings. The van der Waals surface area contributed by atoms with Crippen LogP contribution in [-0.4, -0.2) is 72.0 Å². The Morgan fingerprint density at radius 2 is 1.59 bits per heavy atom. The van der Waals surface area contributed by atoms with Gasteiger partial charge in [0, 0.05) is 61.1 Å². The third kappa shape index (κ3) is 4.79. The summed E-state index contributed by atoms with van der Waals surface area (Å²) in [4.78, 5) is 27.8. The van der Waals surface area contributed by atoms with Gasteiger partial charge in [-0.15, -0.1) is 0 Å². The van der Waals surface area contributed by atoms with Crippen LogP contribution < -0.4 is 14.4 Å². The Bertz CT molecular complexity index is 1170. The largest absolute Gasteiger partial charge is 0.497 e. The van der Waals surface area contributed by atoms with Gasteiger partial charge in [-0.1, -0.05) is 0 Å². The van der Waals surface area contributed by atoms with Crippen LogP contribution in [0.5, 0.6) is 11.5 Å². The van der Waals surface area contributed by atoms with Crippen molar-refractivity contribution in [1.82, 2.24) is 9.47 Å². The van der Waals surface area contributed by atoms with E-state index in [1.165, 1.54) is 0 Å². The number of nitrogens with zero attached hydrogens (tertiary/aromatic N) is 3. The monoisotopic (exact) mass is 467 g/mol. The summed E-state index contributed by atoms with van der Waals surface area (Å²) in [5, 5.41) is 20.1. The number of anilines is 1. The second kappa shape index (κ2) is 10.0. The first-order valence-electron chi connectivity index (χ1n) is 11.2. The molecule has 0 saturated carbocycles. The Balaban J connectivity index is 1.61. The number of rotatable bonds is 9. The SMILES string of the molecule is COc1ccc(N2CCN(C(C(=O)O)c3cn(CCC(=O)O)c4ccc(OC)cc34)CC2)cc1. The highest BCUT2D eigenvalue weighted by Crippen LogP contribution is 2.34. The molecule has 1 saturated heterocycles. The summed E-state index contributed by atoms with van der Waals surface area (Å²) in [6.07, 6.45) is 1.73. The first-order valence-corrected chi connectivity index (χ1v) is 11.2. The average Bonchev–Trinajstić information content (AvgIpc) is 3.20. The zero-order chi connectivity index (χ0) is 24.2. The maximum Gasteiger partial charge on any atom is 0.325 e. The number of carbonyl (C=O) groups is 2. The van der Waals surface area contributed by atoms with E-state index in [0.29, 0.717) is 37.5 Å². The zero-order valence-electron chi connectivity index (χ0n) is 19.3. The maximum atomic E-state index is 12.5. The fraction of sp³-hybridized carbons (Fsp3) is 0.360. The first kappa shape index (κ1) is 23.4. The van der Waals surface area contributed by atoms with Crippen LogP contribution in [0.25, 0.3) is 10.9 Å². The second-order valence-electron chi connectivity index (χ2n) is 8.27. The van der Waals surface area contributed by atoms with Crippen LogP contribution in [0.15, 0.2) is 48.7 Å². The fourth-order valence-electron chi connectivity index (χ4n) is 4.57. The molecule has 2 N–H and O–H groups in total. The number of hydrogen-bond acceptors (Lipinski definition) is 6. The molecule has 1 atom stereocenters. The smallest absolute Gasteiger partial charge is 0.325 e. The lowest BCUT2D eigenvalue weighted by Gasteiger charge is -2.38. The minimum absolute atomic E-state index is 0.0481. The van der Waals surface area contributed by atoms with E-state index in [0.717, 1.165) is 22.3 Å². The van der Waals surface area contributed by atoms with Crippen molar-refractivity contribution in [2.45, 2.75) is 19.0 Å². The van der Waals surface area contributed by atoms with E-state index >= 15 is 0 Å². The molecule has 0 bridgehead atoms. The summed E-state index contributed by atoms with van der Waals surface area (Å²) >= 11 is 0. The standard InChI is InChI=1S/C25H29N3O6/c1-33-18-5-3-17(4-6-18)26-11-13-27(14-12-26)24(25(31)32)21-16-28(10-9-23(29)30)22-8-7-19(34-2)15-20(21)22/h3-8,15-16,24H,9-14H2,1-2H3,(H,29,30)(H,31,32). The van der Waals surface area contributed by atoms with Gasteiger partial charge in [-0.2, -0.15) is 0 Å². The fourth-order valence-corrected chi connectivity index (χ4v) is 4.57. The lowest BCUT2D eigenvalue weighted by atomic mass is 10.0. The number of carboxylic acid groups (broad SMARTS) is 2. The van der Waals surface area contributed by atoms with Crippen molar-refractivity contribution in [1.29, 1.82) is 0 Å². The van der Waals surface area contributed by atoms with Crippen LogP contribution in [0.1, 0.15) is 18.0 Å². The Morgan fingerprint density at radius 1 is 0.941 bits per heavy atom. The molecule has 2 heterocycles. The highest BCUT2D eigenvalue weighted by atomic mass is 16.5. The van der Waals surface area contributed by atoms with Gasteiger partial charge >= 0.3 is 11.9 Å². The Kier molecular flexibility index (Phi) is 6.93. The van der Waals surface area contributed by atoms with Crippen LogP contribution in [0.3, 0.4) is 0 Å². The minimum atomic E-state index is -0.932. The topological polar surface area (TPSA) is 104 Å². The molecule has 1 aliphatic heterocycles. The summed E-state index contributed by atoms with van der Waals surface area (Å²) in [5.41, 5.74) is 2.51. The highest BCUT2D eigenvalue weighted by molar-refractivity contribution is 5.90. The number of methoxy groups -OCH3 is 2. The van der Waals surface area contributed by atoms with E-state index in [1.54, 1.807) is 26.5 Å². The number of aryl methyl sites for hydroxylation is 1. The Labute approximate surface area is 197 Å². The highest BCUT2D eigenvalue weighted by Gasteiger charge is 2.33. The number of ether oxygens (including phenoxy) is 2. The quantitative estimate of drug-likeness (QED) is 0.495. The van der Waals surface area contributed by atoms with E-state index in [1.807, 2.05) is 45.9 Å². The number of aliphatic carboxylic acids is 2. The predicted octanol–water partition coefficient (Wildman–Crippen LogP) is 3.08. The van der Waals surface area contributed by atoms with Gasteiger partial charge in [-0.3, -0.25) is 14.5 Å². The molecule has 0 spiro atoms. The predicted molar refractivity (Wildman–Crippen MR) is 128 cm³/mol. The van der Waals surface area contributed by atoms with E-state index in [-0.39, 0.29) is 13.0 Å². The van der Waals surface area contributed by atoms with Gasteiger partial charge in [0.05, 0.1) is 20.6 Å². The van der Waals surface area contributed by atoms with Gasteiger partial charge in [0.1, 0.15) is 17.5 Å². The van der Waals surface area contributed by atoms with E-state index < -0.39 is 18.0 Å². The molecule has 9 nitrogen and oxygen atoms in total. The molecule has 0 amide bonds. The molecule has 9 heteroatoms.